The van der Waals surface area contributed by atoms with Gasteiger partial charge in [-0.15, -0.1) is 0 Å². The van der Waals surface area contributed by atoms with Crippen molar-refractivity contribution in [3.8, 4) is 0 Å². The third kappa shape index (κ3) is 7.17. The molecule has 0 heterocycles. The SMILES string of the molecule is Cc1cccc(C(=O)OOC2CCCCCCCCCCC2)c1. The monoisotopic (exact) mass is 318 g/mol. The highest BCUT2D eigenvalue weighted by molar-refractivity contribution is 5.89. The fourth-order valence-corrected chi connectivity index (χ4v) is 3.15. The molecule has 1 saturated carbocycles. The first-order chi connectivity index (χ1) is 11.3. The van der Waals surface area contributed by atoms with Gasteiger partial charge in [0.05, 0.1) is 5.56 Å². The molecule has 2 rings (SSSR count). The number of rotatable bonds is 3. The van der Waals surface area contributed by atoms with Crippen LogP contribution in [-0.4, -0.2) is 12.1 Å². The molecule has 0 N–H and O–H groups in total. The molecule has 0 spiro atoms. The molecule has 0 radical (unpaired) electrons. The lowest BCUT2D eigenvalue weighted by Crippen LogP contribution is -2.17. The van der Waals surface area contributed by atoms with E-state index >= 15 is 0 Å². The van der Waals surface area contributed by atoms with Crippen molar-refractivity contribution < 1.29 is 14.6 Å². The van der Waals surface area contributed by atoms with Crippen molar-refractivity contribution in [3.63, 3.8) is 0 Å². The van der Waals surface area contributed by atoms with Gasteiger partial charge in [-0.3, -0.25) is 4.89 Å². The molecule has 1 aliphatic rings. The average molecular weight is 318 g/mol. The Morgan fingerprint density at radius 3 is 2.04 bits per heavy atom. The summed E-state index contributed by atoms with van der Waals surface area (Å²) in [6.07, 6.45) is 13.6. The summed E-state index contributed by atoms with van der Waals surface area (Å²) in [5.74, 6) is -0.389. The topological polar surface area (TPSA) is 35.5 Å². The van der Waals surface area contributed by atoms with Gasteiger partial charge >= 0.3 is 5.97 Å². The van der Waals surface area contributed by atoms with Crippen LogP contribution in [0.3, 0.4) is 0 Å². The van der Waals surface area contributed by atoms with E-state index in [4.69, 9.17) is 9.78 Å². The molecule has 0 aromatic heterocycles. The smallest absolute Gasteiger partial charge is 0.293 e. The van der Waals surface area contributed by atoms with Crippen LogP contribution in [0.4, 0.5) is 0 Å². The molecule has 0 atom stereocenters. The number of hydrogen-bond acceptors (Lipinski definition) is 3. The van der Waals surface area contributed by atoms with E-state index in [1.165, 1.54) is 44.9 Å². The predicted octanol–water partition coefficient (Wildman–Crippen LogP) is 5.76. The van der Waals surface area contributed by atoms with Gasteiger partial charge in [0.2, 0.25) is 0 Å². The number of aryl methyl sites for hydroxylation is 1. The van der Waals surface area contributed by atoms with Crippen LogP contribution in [0.1, 0.15) is 86.6 Å². The van der Waals surface area contributed by atoms with Crippen LogP contribution in [0.25, 0.3) is 0 Å². The predicted molar refractivity (Wildman–Crippen MR) is 92.3 cm³/mol. The van der Waals surface area contributed by atoms with E-state index in [-0.39, 0.29) is 12.1 Å². The van der Waals surface area contributed by atoms with Crippen molar-refractivity contribution in [2.75, 3.05) is 0 Å². The van der Waals surface area contributed by atoms with Crippen LogP contribution >= 0.6 is 0 Å². The standard InChI is InChI=1S/C20H30O3/c1-17-12-11-13-18(16-17)20(21)23-22-19-14-9-7-5-3-2-4-6-8-10-15-19/h11-13,16,19H,2-10,14-15H2,1H3. The van der Waals surface area contributed by atoms with Crippen LogP contribution in [0, 0.1) is 6.92 Å². The summed E-state index contributed by atoms with van der Waals surface area (Å²) >= 11 is 0. The highest BCUT2D eigenvalue weighted by atomic mass is 17.2. The Morgan fingerprint density at radius 2 is 1.48 bits per heavy atom. The Morgan fingerprint density at radius 1 is 0.913 bits per heavy atom. The largest absolute Gasteiger partial charge is 0.373 e. The lowest BCUT2D eigenvalue weighted by atomic mass is 9.99. The number of benzene rings is 1. The van der Waals surface area contributed by atoms with E-state index in [0.29, 0.717) is 5.56 Å². The molecule has 3 heteroatoms. The second-order valence-electron chi connectivity index (χ2n) is 6.72. The summed E-state index contributed by atoms with van der Waals surface area (Å²) in [5.41, 5.74) is 1.60. The zero-order chi connectivity index (χ0) is 16.3. The van der Waals surface area contributed by atoms with Crippen molar-refractivity contribution in [1.29, 1.82) is 0 Å². The highest BCUT2D eigenvalue weighted by Crippen LogP contribution is 2.19. The average Bonchev–Trinajstić information content (AvgIpc) is 2.54. The fraction of sp³-hybridized carbons (Fsp3) is 0.650. The lowest BCUT2D eigenvalue weighted by molar-refractivity contribution is -0.277. The van der Waals surface area contributed by atoms with Gasteiger partial charge in [-0.2, -0.15) is 4.89 Å². The van der Waals surface area contributed by atoms with Crippen molar-refractivity contribution in [3.05, 3.63) is 35.4 Å². The van der Waals surface area contributed by atoms with Gasteiger partial charge in [-0.05, 0) is 31.9 Å². The summed E-state index contributed by atoms with van der Waals surface area (Å²) in [6.45, 7) is 1.96. The minimum absolute atomic E-state index is 0.0446. The quantitative estimate of drug-likeness (QED) is 0.525. The molecule has 0 bridgehead atoms. The Kier molecular flexibility index (Phi) is 8.16. The third-order valence-corrected chi connectivity index (χ3v) is 4.57. The first-order valence-corrected chi connectivity index (χ1v) is 9.20. The van der Waals surface area contributed by atoms with Crippen molar-refractivity contribution in [1.82, 2.24) is 0 Å². The Hall–Kier alpha value is -1.35. The van der Waals surface area contributed by atoms with Gasteiger partial charge < -0.3 is 0 Å². The highest BCUT2D eigenvalue weighted by Gasteiger charge is 2.15. The summed E-state index contributed by atoms with van der Waals surface area (Å²) in [4.78, 5) is 22.7. The Labute approximate surface area is 140 Å². The molecule has 1 aromatic carbocycles. The molecule has 1 aliphatic carbocycles. The minimum Gasteiger partial charge on any atom is -0.293 e. The van der Waals surface area contributed by atoms with Gasteiger partial charge in [0.1, 0.15) is 6.10 Å². The molecule has 1 aromatic rings. The fourth-order valence-electron chi connectivity index (χ4n) is 3.15. The molecular formula is C20H30O3. The van der Waals surface area contributed by atoms with Crippen LogP contribution < -0.4 is 0 Å². The van der Waals surface area contributed by atoms with E-state index < -0.39 is 0 Å². The van der Waals surface area contributed by atoms with Crippen molar-refractivity contribution in [2.24, 2.45) is 0 Å². The third-order valence-electron chi connectivity index (χ3n) is 4.57. The van der Waals surface area contributed by atoms with E-state index in [1.807, 2.05) is 25.1 Å². The van der Waals surface area contributed by atoms with Crippen LogP contribution in [0.5, 0.6) is 0 Å². The van der Waals surface area contributed by atoms with Gasteiger partial charge in [-0.1, -0.05) is 75.5 Å². The van der Waals surface area contributed by atoms with Crippen LogP contribution in [0.15, 0.2) is 24.3 Å². The van der Waals surface area contributed by atoms with Gasteiger partial charge in [0.15, 0.2) is 0 Å². The van der Waals surface area contributed by atoms with Gasteiger partial charge in [-0.25, -0.2) is 4.79 Å². The zero-order valence-electron chi connectivity index (χ0n) is 14.4. The minimum atomic E-state index is -0.389. The first kappa shape index (κ1) is 18.0. The second-order valence-corrected chi connectivity index (χ2v) is 6.72. The number of hydrogen-bond donors (Lipinski definition) is 0. The number of carbonyl (C=O) groups excluding carboxylic acids is 1. The Balaban J connectivity index is 1.79. The summed E-state index contributed by atoms with van der Waals surface area (Å²) in [6, 6.07) is 7.42. The molecular weight excluding hydrogens is 288 g/mol. The normalized spacial score (nSPS) is 18.7. The maximum absolute atomic E-state index is 12.1. The molecule has 1 fully saturated rings. The summed E-state index contributed by atoms with van der Waals surface area (Å²) < 4.78 is 0. The molecule has 0 saturated heterocycles. The van der Waals surface area contributed by atoms with Gasteiger partial charge in [0, 0.05) is 0 Å². The van der Waals surface area contributed by atoms with Crippen molar-refractivity contribution in [2.45, 2.75) is 83.7 Å². The maximum atomic E-state index is 12.1. The Bertz CT molecular complexity index is 458. The molecule has 128 valence electrons. The zero-order valence-corrected chi connectivity index (χ0v) is 14.4. The van der Waals surface area contributed by atoms with Crippen molar-refractivity contribution >= 4 is 5.97 Å². The second kappa shape index (κ2) is 10.4. The molecule has 3 nitrogen and oxygen atoms in total. The summed E-state index contributed by atoms with van der Waals surface area (Å²) in [7, 11) is 0. The van der Waals surface area contributed by atoms with E-state index in [1.54, 1.807) is 6.07 Å². The van der Waals surface area contributed by atoms with E-state index in [2.05, 4.69) is 0 Å². The van der Waals surface area contributed by atoms with Crippen LogP contribution in [-0.2, 0) is 9.78 Å². The number of carbonyl (C=O) groups is 1. The molecule has 0 amide bonds. The van der Waals surface area contributed by atoms with Crippen LogP contribution in [0.2, 0.25) is 0 Å². The van der Waals surface area contributed by atoms with Gasteiger partial charge in [0.25, 0.3) is 0 Å². The maximum Gasteiger partial charge on any atom is 0.373 e. The first-order valence-electron chi connectivity index (χ1n) is 9.20. The molecule has 0 unspecified atom stereocenters. The van der Waals surface area contributed by atoms with E-state index in [9.17, 15) is 4.79 Å². The summed E-state index contributed by atoms with van der Waals surface area (Å²) in [5, 5.41) is 0. The van der Waals surface area contributed by atoms with E-state index in [0.717, 1.165) is 31.2 Å². The molecule has 0 aliphatic heterocycles. The molecule has 23 heavy (non-hydrogen) atoms. The lowest BCUT2D eigenvalue weighted by Gasteiger charge is -2.17.